The third-order valence-electron chi connectivity index (χ3n) is 13.4. The first-order valence-electron chi connectivity index (χ1n) is 19.5. The Balaban J connectivity index is 1.14. The summed E-state index contributed by atoms with van der Waals surface area (Å²) in [6.45, 7) is 12.2. The summed E-state index contributed by atoms with van der Waals surface area (Å²) in [5.74, 6) is 3.44. The molecular weight excluding hydrogens is 675 g/mol. The number of ether oxygens (including phenoxy) is 2. The molecule has 1 aromatic heterocycles. The fourth-order valence-corrected chi connectivity index (χ4v) is 10.4. The van der Waals surface area contributed by atoms with E-state index >= 15 is 0 Å². The largest absolute Gasteiger partial charge is 0.497 e. The smallest absolute Gasteiger partial charge is 0.253 e. The second-order valence-electron chi connectivity index (χ2n) is 15.9. The summed E-state index contributed by atoms with van der Waals surface area (Å²) in [6.07, 6.45) is 10.3. The quantitative estimate of drug-likeness (QED) is 0.103. The van der Waals surface area contributed by atoms with Crippen LogP contribution in [-0.4, -0.2) is 67.3 Å². The third kappa shape index (κ3) is 5.80. The van der Waals surface area contributed by atoms with Gasteiger partial charge in [0.25, 0.3) is 10.9 Å². The molecule has 6 aliphatic heterocycles. The molecule has 7 heterocycles. The Bertz CT molecular complexity index is 2150. The van der Waals surface area contributed by atoms with E-state index in [-0.39, 0.29) is 24.2 Å². The molecule has 5 aromatic rings. The average molecular weight is 724 g/mol. The number of aromatic nitrogens is 1. The molecule has 278 valence electrons. The van der Waals surface area contributed by atoms with Gasteiger partial charge < -0.3 is 20.1 Å². The average Bonchev–Trinajstić information content (AvgIpc) is 3.24. The summed E-state index contributed by atoms with van der Waals surface area (Å²) in [7, 11) is 3.36. The Hall–Kier alpha value is -4.99. The zero-order chi connectivity index (χ0) is 37.1. The lowest BCUT2D eigenvalue weighted by Gasteiger charge is -2.52. The van der Waals surface area contributed by atoms with Crippen molar-refractivity contribution in [1.29, 1.82) is 0 Å². The number of pyridine rings is 1. The van der Waals surface area contributed by atoms with Crippen LogP contribution < -0.4 is 31.0 Å². The Morgan fingerprint density at radius 2 is 1.30 bits per heavy atom. The van der Waals surface area contributed by atoms with Gasteiger partial charge in [-0.2, -0.15) is 0 Å². The molecule has 6 fully saturated rings. The van der Waals surface area contributed by atoms with Crippen LogP contribution in [0.15, 0.2) is 102 Å². The van der Waals surface area contributed by atoms with Crippen LogP contribution in [0.5, 0.6) is 11.5 Å². The SMILES string of the molecule is C=C[C@@H]1CN2CCC1CC2C(Nc1c(NC(c2ccnc3ccc(OC)cc23)[C@H]2CC3CCN2C[C@H]3C=C)c(=O)c1=O)c1cccc2ccc(OC)cc12. The highest BCUT2D eigenvalue weighted by atomic mass is 16.5. The number of methoxy groups -OCH3 is 2. The van der Waals surface area contributed by atoms with Crippen LogP contribution in [0, 0.1) is 23.7 Å². The molecule has 54 heavy (non-hydrogen) atoms. The van der Waals surface area contributed by atoms with Crippen LogP contribution in [0.1, 0.15) is 48.9 Å². The number of nitrogens with zero attached hydrogens (tertiary/aromatic N) is 3. The Kier molecular flexibility index (Phi) is 9.02. The van der Waals surface area contributed by atoms with Gasteiger partial charge in [-0.3, -0.25) is 24.4 Å². The monoisotopic (exact) mass is 723 g/mol. The molecule has 6 saturated heterocycles. The van der Waals surface area contributed by atoms with E-state index < -0.39 is 10.9 Å². The van der Waals surface area contributed by atoms with Gasteiger partial charge in [0.1, 0.15) is 22.9 Å². The van der Waals surface area contributed by atoms with E-state index in [9.17, 15) is 9.59 Å². The van der Waals surface area contributed by atoms with Crippen LogP contribution in [0.25, 0.3) is 21.7 Å². The maximum atomic E-state index is 13.8. The van der Waals surface area contributed by atoms with Gasteiger partial charge in [-0.25, -0.2) is 0 Å². The molecule has 0 radical (unpaired) electrons. The van der Waals surface area contributed by atoms with Crippen LogP contribution in [0.4, 0.5) is 11.4 Å². The van der Waals surface area contributed by atoms with Crippen LogP contribution in [-0.2, 0) is 0 Å². The van der Waals surface area contributed by atoms with Gasteiger partial charge >= 0.3 is 0 Å². The predicted octanol–water partition coefficient (Wildman–Crippen LogP) is 7.10. The number of hydrogen-bond donors (Lipinski definition) is 2. The summed E-state index contributed by atoms with van der Waals surface area (Å²) < 4.78 is 11.3. The molecule has 9 nitrogen and oxygen atoms in total. The lowest BCUT2D eigenvalue weighted by Crippen LogP contribution is -2.57. The topological polar surface area (TPSA) is 96.0 Å². The van der Waals surface area contributed by atoms with Crippen molar-refractivity contribution in [2.24, 2.45) is 23.7 Å². The number of fused-ring (bicyclic) bond motifs is 8. The molecule has 7 unspecified atom stereocenters. The van der Waals surface area contributed by atoms with Crippen LogP contribution in [0.3, 0.4) is 0 Å². The number of anilines is 2. The van der Waals surface area contributed by atoms with Gasteiger partial charge in [0.2, 0.25) is 0 Å². The van der Waals surface area contributed by atoms with Crippen molar-refractivity contribution in [2.45, 2.75) is 49.9 Å². The first-order chi connectivity index (χ1) is 26.4. The van der Waals surface area contributed by atoms with Crippen LogP contribution in [0.2, 0.25) is 0 Å². The van der Waals surface area contributed by atoms with E-state index in [0.717, 1.165) is 96.2 Å². The lowest BCUT2D eigenvalue weighted by molar-refractivity contribution is 0.0102. The van der Waals surface area contributed by atoms with Crippen molar-refractivity contribution >= 4 is 33.1 Å². The number of rotatable bonds is 12. The minimum Gasteiger partial charge on any atom is -0.497 e. The molecule has 2 N–H and O–H groups in total. The number of piperidine rings is 6. The number of nitrogens with one attached hydrogen (secondary N) is 2. The van der Waals surface area contributed by atoms with Gasteiger partial charge in [0.15, 0.2) is 0 Å². The van der Waals surface area contributed by atoms with Gasteiger partial charge in [-0.1, -0.05) is 36.4 Å². The summed E-state index contributed by atoms with van der Waals surface area (Å²) in [5.41, 5.74) is 2.76. The zero-order valence-corrected chi connectivity index (χ0v) is 31.2. The van der Waals surface area contributed by atoms with Crippen molar-refractivity contribution in [2.75, 3.05) is 51.0 Å². The van der Waals surface area contributed by atoms with E-state index in [2.05, 4.69) is 82.1 Å². The van der Waals surface area contributed by atoms with Gasteiger partial charge in [0.05, 0.1) is 31.8 Å². The fourth-order valence-electron chi connectivity index (χ4n) is 10.4. The molecule has 4 aromatic carbocycles. The zero-order valence-electron chi connectivity index (χ0n) is 31.2. The second kappa shape index (κ2) is 14.0. The molecule has 0 aliphatic carbocycles. The summed E-state index contributed by atoms with van der Waals surface area (Å²) >= 11 is 0. The van der Waals surface area contributed by atoms with E-state index in [1.807, 2.05) is 30.5 Å². The molecule has 4 bridgehead atoms. The summed E-state index contributed by atoms with van der Waals surface area (Å²) in [5, 5.41) is 10.6. The minimum atomic E-state index is -0.478. The fraction of sp³-hybridized carbons (Fsp3) is 0.400. The lowest BCUT2D eigenvalue weighted by atomic mass is 9.72. The van der Waals surface area contributed by atoms with E-state index in [1.54, 1.807) is 14.2 Å². The van der Waals surface area contributed by atoms with E-state index in [1.165, 1.54) is 0 Å². The molecular formula is C45H49N5O4. The molecule has 0 saturated carbocycles. The normalized spacial score (nSPS) is 28.5. The Morgan fingerprint density at radius 1 is 0.741 bits per heavy atom. The first-order valence-corrected chi connectivity index (χ1v) is 19.5. The third-order valence-corrected chi connectivity index (χ3v) is 13.4. The van der Waals surface area contributed by atoms with Crippen molar-refractivity contribution in [1.82, 2.24) is 14.8 Å². The van der Waals surface area contributed by atoms with Crippen molar-refractivity contribution < 1.29 is 9.47 Å². The van der Waals surface area contributed by atoms with Gasteiger partial charge in [-0.15, -0.1) is 13.2 Å². The molecule has 10 atom stereocenters. The highest BCUT2D eigenvalue weighted by Crippen LogP contribution is 2.46. The summed E-state index contributed by atoms with van der Waals surface area (Å²) in [4.78, 5) is 37.5. The molecule has 0 amide bonds. The Labute approximate surface area is 316 Å². The standard InChI is InChI=1S/C45H49N5O4/c1-5-26-24-49-18-15-29(26)20-38(49)40(33-9-7-8-28-10-11-31(53-3)22-35(28)33)47-42-43(45(52)44(42)51)48-41(39-21-30-16-19-50(39)25-27(30)6-2)34-14-17-46-37-13-12-32(54-4)23-36(34)37/h5-14,17,22-23,26-27,29-30,38-41,47-48H,1-2,15-16,18-21,24-25H2,3-4H3/t26-,27-,29?,30?,38?,39-,40?,41?/m1/s1. The molecule has 6 aliphatic rings. The maximum absolute atomic E-state index is 13.8. The molecule has 9 heteroatoms. The highest BCUT2D eigenvalue weighted by molar-refractivity contribution is 5.89. The van der Waals surface area contributed by atoms with Crippen LogP contribution >= 0.6 is 0 Å². The maximum Gasteiger partial charge on any atom is 0.253 e. The Morgan fingerprint density at radius 3 is 1.83 bits per heavy atom. The minimum absolute atomic E-state index is 0.103. The summed E-state index contributed by atoms with van der Waals surface area (Å²) in [6, 6.07) is 20.2. The number of benzene rings is 3. The van der Waals surface area contributed by atoms with Crippen molar-refractivity contribution in [3.05, 3.63) is 124 Å². The highest BCUT2D eigenvalue weighted by Gasteiger charge is 2.46. The predicted molar refractivity (Wildman–Crippen MR) is 216 cm³/mol. The van der Waals surface area contributed by atoms with E-state index in [0.29, 0.717) is 35.0 Å². The van der Waals surface area contributed by atoms with E-state index in [4.69, 9.17) is 14.5 Å². The number of hydrogen-bond acceptors (Lipinski definition) is 9. The molecule has 0 spiro atoms. The van der Waals surface area contributed by atoms with Crippen molar-refractivity contribution in [3.63, 3.8) is 0 Å². The van der Waals surface area contributed by atoms with Crippen molar-refractivity contribution in [3.8, 4) is 11.5 Å². The first kappa shape index (κ1) is 34.8. The van der Waals surface area contributed by atoms with Gasteiger partial charge in [0, 0.05) is 36.8 Å². The second-order valence-corrected chi connectivity index (χ2v) is 15.9. The molecule has 11 rings (SSSR count). The van der Waals surface area contributed by atoms with Gasteiger partial charge in [-0.05, 0) is 121 Å².